The SMILES string of the molecule is COC(=O)c1ccoc1COc1cc(C)ccc1C. The number of carbonyl (C=O) groups excluding carboxylic acids is 1. The normalized spacial score (nSPS) is 10.3. The first-order valence-corrected chi connectivity index (χ1v) is 5.96. The summed E-state index contributed by atoms with van der Waals surface area (Å²) < 4.78 is 15.6. The topological polar surface area (TPSA) is 48.7 Å². The molecular weight excluding hydrogens is 244 g/mol. The van der Waals surface area contributed by atoms with Crippen LogP contribution in [0.4, 0.5) is 0 Å². The zero-order chi connectivity index (χ0) is 13.8. The molecule has 1 heterocycles. The van der Waals surface area contributed by atoms with E-state index in [2.05, 4.69) is 4.74 Å². The van der Waals surface area contributed by atoms with Crippen molar-refractivity contribution in [1.29, 1.82) is 0 Å². The highest BCUT2D eigenvalue weighted by Gasteiger charge is 2.15. The number of hydrogen-bond acceptors (Lipinski definition) is 4. The Kier molecular flexibility index (Phi) is 3.90. The molecule has 1 aromatic carbocycles. The lowest BCUT2D eigenvalue weighted by Crippen LogP contribution is -2.05. The molecule has 0 fully saturated rings. The molecule has 0 aliphatic carbocycles. The van der Waals surface area contributed by atoms with Gasteiger partial charge >= 0.3 is 5.97 Å². The summed E-state index contributed by atoms with van der Waals surface area (Å²) >= 11 is 0. The molecule has 0 radical (unpaired) electrons. The number of aryl methyl sites for hydroxylation is 2. The number of methoxy groups -OCH3 is 1. The lowest BCUT2D eigenvalue weighted by atomic mass is 10.1. The third-order valence-electron chi connectivity index (χ3n) is 2.85. The Hall–Kier alpha value is -2.23. The molecule has 0 saturated carbocycles. The van der Waals surface area contributed by atoms with E-state index in [0.29, 0.717) is 11.3 Å². The Labute approximate surface area is 111 Å². The molecule has 19 heavy (non-hydrogen) atoms. The van der Waals surface area contributed by atoms with Gasteiger partial charge in [0.2, 0.25) is 0 Å². The van der Waals surface area contributed by atoms with Gasteiger partial charge in [-0.2, -0.15) is 0 Å². The Morgan fingerprint density at radius 3 is 2.79 bits per heavy atom. The van der Waals surface area contributed by atoms with Gasteiger partial charge in [0.15, 0.2) is 5.76 Å². The first-order valence-electron chi connectivity index (χ1n) is 5.96. The Balaban J connectivity index is 2.13. The number of rotatable bonds is 4. The zero-order valence-corrected chi connectivity index (χ0v) is 11.2. The first kappa shape index (κ1) is 13.2. The van der Waals surface area contributed by atoms with Crippen LogP contribution < -0.4 is 4.74 Å². The highest BCUT2D eigenvalue weighted by atomic mass is 16.5. The second kappa shape index (κ2) is 5.61. The van der Waals surface area contributed by atoms with Crippen molar-refractivity contribution < 1.29 is 18.7 Å². The van der Waals surface area contributed by atoms with Gasteiger partial charge in [0.05, 0.1) is 13.4 Å². The van der Waals surface area contributed by atoms with E-state index >= 15 is 0 Å². The number of benzene rings is 1. The Bertz CT molecular complexity index is 584. The summed E-state index contributed by atoms with van der Waals surface area (Å²) in [5, 5.41) is 0. The van der Waals surface area contributed by atoms with Gasteiger partial charge in [-0.1, -0.05) is 12.1 Å². The molecule has 0 amide bonds. The predicted molar refractivity (Wildman–Crippen MR) is 70.3 cm³/mol. The summed E-state index contributed by atoms with van der Waals surface area (Å²) in [7, 11) is 1.34. The summed E-state index contributed by atoms with van der Waals surface area (Å²) in [4.78, 5) is 11.5. The molecule has 4 nitrogen and oxygen atoms in total. The molecule has 4 heteroatoms. The maximum atomic E-state index is 11.5. The molecule has 0 saturated heterocycles. The molecule has 0 unspecified atom stereocenters. The summed E-state index contributed by atoms with van der Waals surface area (Å²) in [5.74, 6) is 0.827. The van der Waals surface area contributed by atoms with Crippen LogP contribution in [0.3, 0.4) is 0 Å². The Morgan fingerprint density at radius 2 is 2.05 bits per heavy atom. The minimum absolute atomic E-state index is 0.196. The van der Waals surface area contributed by atoms with Crippen molar-refractivity contribution >= 4 is 5.97 Å². The van der Waals surface area contributed by atoms with E-state index < -0.39 is 5.97 Å². The number of esters is 1. The maximum Gasteiger partial charge on any atom is 0.341 e. The maximum absolute atomic E-state index is 11.5. The quantitative estimate of drug-likeness (QED) is 0.792. The van der Waals surface area contributed by atoms with Crippen LogP contribution in [0.15, 0.2) is 34.9 Å². The van der Waals surface area contributed by atoms with Gasteiger partial charge in [-0.3, -0.25) is 0 Å². The summed E-state index contributed by atoms with van der Waals surface area (Å²) in [6.45, 7) is 4.17. The molecule has 0 aliphatic rings. The van der Waals surface area contributed by atoms with Crippen molar-refractivity contribution in [2.75, 3.05) is 7.11 Å². The van der Waals surface area contributed by atoms with Crippen molar-refractivity contribution in [2.24, 2.45) is 0 Å². The van der Waals surface area contributed by atoms with Crippen molar-refractivity contribution in [1.82, 2.24) is 0 Å². The molecule has 100 valence electrons. The van der Waals surface area contributed by atoms with Crippen LogP contribution in [0, 0.1) is 13.8 Å². The molecule has 0 N–H and O–H groups in total. The number of carbonyl (C=O) groups is 1. The van der Waals surface area contributed by atoms with Crippen LogP contribution in [0.25, 0.3) is 0 Å². The summed E-state index contributed by atoms with van der Waals surface area (Å²) in [6, 6.07) is 7.55. The fourth-order valence-electron chi connectivity index (χ4n) is 1.75. The average Bonchev–Trinajstić information content (AvgIpc) is 2.87. The molecule has 2 rings (SSSR count). The van der Waals surface area contributed by atoms with E-state index in [1.165, 1.54) is 13.4 Å². The minimum Gasteiger partial charge on any atom is -0.485 e. The second-order valence-corrected chi connectivity index (χ2v) is 4.31. The molecule has 0 bridgehead atoms. The van der Waals surface area contributed by atoms with Gasteiger partial charge in [-0.25, -0.2) is 4.79 Å². The minimum atomic E-state index is -0.423. The predicted octanol–water partition coefficient (Wildman–Crippen LogP) is 3.26. The van der Waals surface area contributed by atoms with E-state index in [9.17, 15) is 4.79 Å². The van der Waals surface area contributed by atoms with Crippen LogP contribution in [0.5, 0.6) is 5.75 Å². The number of furan rings is 1. The van der Waals surface area contributed by atoms with Crippen LogP contribution in [-0.2, 0) is 11.3 Å². The first-order chi connectivity index (χ1) is 9.11. The van der Waals surface area contributed by atoms with Gasteiger partial charge in [-0.15, -0.1) is 0 Å². The molecule has 1 aromatic heterocycles. The highest BCUT2D eigenvalue weighted by Crippen LogP contribution is 2.21. The lowest BCUT2D eigenvalue weighted by molar-refractivity contribution is 0.0595. The molecular formula is C15H16O4. The standard InChI is InChI=1S/C15H16O4/c1-10-4-5-11(2)13(8-10)19-9-14-12(6-7-18-14)15(16)17-3/h4-8H,9H2,1-3H3. The van der Waals surface area contributed by atoms with Crippen LogP contribution in [-0.4, -0.2) is 13.1 Å². The Morgan fingerprint density at radius 1 is 1.26 bits per heavy atom. The summed E-state index contributed by atoms with van der Waals surface area (Å²) in [5.41, 5.74) is 2.55. The van der Waals surface area contributed by atoms with Gasteiger partial charge in [-0.05, 0) is 37.1 Å². The summed E-state index contributed by atoms with van der Waals surface area (Å²) in [6.07, 6.45) is 1.45. The van der Waals surface area contributed by atoms with Gasteiger partial charge in [0.25, 0.3) is 0 Å². The van der Waals surface area contributed by atoms with E-state index in [1.807, 2.05) is 32.0 Å². The van der Waals surface area contributed by atoms with Crippen molar-refractivity contribution in [3.63, 3.8) is 0 Å². The number of hydrogen-bond donors (Lipinski definition) is 0. The van der Waals surface area contributed by atoms with E-state index in [-0.39, 0.29) is 6.61 Å². The van der Waals surface area contributed by atoms with Crippen LogP contribution >= 0.6 is 0 Å². The smallest absolute Gasteiger partial charge is 0.341 e. The van der Waals surface area contributed by atoms with Gasteiger partial charge < -0.3 is 13.9 Å². The monoisotopic (exact) mass is 260 g/mol. The third-order valence-corrected chi connectivity index (χ3v) is 2.85. The second-order valence-electron chi connectivity index (χ2n) is 4.31. The van der Waals surface area contributed by atoms with Crippen molar-refractivity contribution in [3.05, 3.63) is 53.0 Å². The van der Waals surface area contributed by atoms with E-state index in [1.54, 1.807) is 6.07 Å². The fourth-order valence-corrected chi connectivity index (χ4v) is 1.75. The van der Waals surface area contributed by atoms with E-state index in [4.69, 9.17) is 9.15 Å². The zero-order valence-electron chi connectivity index (χ0n) is 11.2. The fraction of sp³-hybridized carbons (Fsp3) is 0.267. The van der Waals surface area contributed by atoms with Crippen LogP contribution in [0.1, 0.15) is 27.2 Å². The number of ether oxygens (including phenoxy) is 2. The van der Waals surface area contributed by atoms with Crippen LogP contribution in [0.2, 0.25) is 0 Å². The third kappa shape index (κ3) is 2.96. The molecule has 0 aliphatic heterocycles. The van der Waals surface area contributed by atoms with Gasteiger partial charge in [0, 0.05) is 0 Å². The average molecular weight is 260 g/mol. The largest absolute Gasteiger partial charge is 0.485 e. The molecule has 2 aromatic rings. The molecule has 0 spiro atoms. The van der Waals surface area contributed by atoms with Gasteiger partial charge in [0.1, 0.15) is 17.9 Å². The lowest BCUT2D eigenvalue weighted by Gasteiger charge is -2.09. The van der Waals surface area contributed by atoms with E-state index in [0.717, 1.165) is 16.9 Å². The van der Waals surface area contributed by atoms with Crippen molar-refractivity contribution in [3.8, 4) is 5.75 Å². The highest BCUT2D eigenvalue weighted by molar-refractivity contribution is 5.90. The van der Waals surface area contributed by atoms with Crippen molar-refractivity contribution in [2.45, 2.75) is 20.5 Å². The molecule has 0 atom stereocenters.